The smallest absolute Gasteiger partial charge is 0.323 e. The normalized spacial score (nSPS) is 34.3. The number of piperidine rings is 1. The van der Waals surface area contributed by atoms with E-state index in [2.05, 4.69) is 37.2 Å². The van der Waals surface area contributed by atoms with Gasteiger partial charge in [0.05, 0.1) is 11.0 Å². The molecule has 35 heavy (non-hydrogen) atoms. The average molecular weight is 487 g/mol. The van der Waals surface area contributed by atoms with Gasteiger partial charge in [0.15, 0.2) is 11.5 Å². The van der Waals surface area contributed by atoms with Gasteiger partial charge in [-0.05, 0) is 84.0 Å². The molecule has 1 saturated carbocycles. The number of hydrogen-bond acceptors (Lipinski definition) is 7. The van der Waals surface area contributed by atoms with Gasteiger partial charge in [-0.3, -0.25) is 10.1 Å². The second-order valence-electron chi connectivity index (χ2n) is 12.5. The van der Waals surface area contributed by atoms with E-state index in [-0.39, 0.29) is 35.3 Å². The molecule has 4 aliphatic rings. The molecule has 194 valence electrons. The van der Waals surface area contributed by atoms with Crippen molar-refractivity contribution in [3.63, 3.8) is 0 Å². The van der Waals surface area contributed by atoms with Crippen LogP contribution in [0, 0.1) is 5.92 Å². The third-order valence-corrected chi connectivity index (χ3v) is 8.87. The quantitative estimate of drug-likeness (QED) is 0.596. The molecule has 6 atom stereocenters. The van der Waals surface area contributed by atoms with Crippen molar-refractivity contribution in [3.05, 3.63) is 23.3 Å². The number of carbonyl (C=O) groups excluding carboxylic acids is 1. The molecule has 3 unspecified atom stereocenters. The first-order valence-electron chi connectivity index (χ1n) is 13.2. The predicted molar refractivity (Wildman–Crippen MR) is 134 cm³/mol. The Morgan fingerprint density at radius 3 is 2.71 bits per heavy atom. The van der Waals surface area contributed by atoms with E-state index in [0.717, 1.165) is 37.8 Å². The highest BCUT2D eigenvalue weighted by molar-refractivity contribution is 5.76. The van der Waals surface area contributed by atoms with Gasteiger partial charge in [-0.2, -0.15) is 0 Å². The van der Waals surface area contributed by atoms with Gasteiger partial charge in [-0.25, -0.2) is 0 Å². The molecule has 1 spiro atoms. The molecule has 0 amide bonds. The van der Waals surface area contributed by atoms with Gasteiger partial charge >= 0.3 is 5.97 Å². The number of rotatable bonds is 6. The molecule has 7 heteroatoms. The third-order valence-electron chi connectivity index (χ3n) is 8.87. The van der Waals surface area contributed by atoms with Crippen molar-refractivity contribution in [1.29, 1.82) is 0 Å². The monoisotopic (exact) mass is 486 g/mol. The van der Waals surface area contributed by atoms with Crippen LogP contribution in [-0.2, 0) is 26.1 Å². The Bertz CT molecular complexity index is 1000. The number of benzene rings is 1. The van der Waals surface area contributed by atoms with Crippen LogP contribution in [0.2, 0.25) is 0 Å². The van der Waals surface area contributed by atoms with Crippen LogP contribution in [0.25, 0.3) is 0 Å². The number of methoxy groups -OCH3 is 1. The highest BCUT2D eigenvalue weighted by Gasteiger charge is 2.73. The average Bonchev–Trinajstić information content (AvgIpc) is 3.13. The van der Waals surface area contributed by atoms with Gasteiger partial charge in [-0.1, -0.05) is 19.9 Å². The Morgan fingerprint density at radius 2 is 2.06 bits per heavy atom. The van der Waals surface area contributed by atoms with Crippen molar-refractivity contribution < 1.29 is 24.1 Å². The zero-order valence-corrected chi connectivity index (χ0v) is 22.3. The lowest BCUT2D eigenvalue weighted by atomic mass is 9.48. The summed E-state index contributed by atoms with van der Waals surface area (Å²) in [4.78, 5) is 15.7. The maximum absolute atomic E-state index is 13.2. The van der Waals surface area contributed by atoms with E-state index in [1.807, 2.05) is 27.9 Å². The molecule has 7 nitrogen and oxygen atoms in total. The Labute approximate surface area is 209 Å². The first-order valence-corrected chi connectivity index (χ1v) is 13.2. The first kappa shape index (κ1) is 24.8. The molecule has 1 aromatic rings. The number of carbonyl (C=O) groups is 1. The van der Waals surface area contributed by atoms with E-state index in [9.17, 15) is 9.90 Å². The minimum atomic E-state index is -0.546. The summed E-state index contributed by atoms with van der Waals surface area (Å²) in [5.41, 5.74) is 1.07. The fourth-order valence-corrected chi connectivity index (χ4v) is 7.65. The van der Waals surface area contributed by atoms with Gasteiger partial charge in [0.2, 0.25) is 0 Å². The maximum Gasteiger partial charge on any atom is 0.323 e. The summed E-state index contributed by atoms with van der Waals surface area (Å²) in [6.07, 6.45) is 3.93. The van der Waals surface area contributed by atoms with Crippen LogP contribution in [0.5, 0.6) is 11.5 Å². The SMILES string of the molecule is CO[C@@]12CCC(NC(CC(C)C)C(=O)OC(C)(C)C)[C@@H]3Oc4c(O)ccc5c4[C@@]31CCN(C)C2C5. The lowest BCUT2D eigenvalue weighted by Crippen LogP contribution is -2.78. The highest BCUT2D eigenvalue weighted by Crippen LogP contribution is 2.66. The number of phenolic OH excluding ortho intramolecular Hbond substituents is 1. The van der Waals surface area contributed by atoms with E-state index >= 15 is 0 Å². The zero-order chi connectivity index (χ0) is 25.3. The molecule has 2 aliphatic carbocycles. The Kier molecular flexibility index (Phi) is 5.93. The number of likely N-dealkylation sites (N-methyl/N-ethyl adjacent to an activating group) is 1. The number of aromatic hydroxyl groups is 1. The number of likely N-dealkylation sites (tertiary alicyclic amines) is 1. The second kappa shape index (κ2) is 8.35. The molecule has 5 rings (SSSR count). The number of nitrogens with one attached hydrogen (secondary N) is 1. The van der Waals surface area contributed by atoms with Gasteiger partial charge in [0, 0.05) is 24.8 Å². The molecular formula is C28H42N2O5. The summed E-state index contributed by atoms with van der Waals surface area (Å²) >= 11 is 0. The standard InChI is InChI=1S/C28H42N2O5/c1-16(2)14-19(25(32)35-26(3,4)5)29-18-10-11-28(33-7)21-15-17-8-9-20(31)23-22(17)27(28,24(18)34-23)12-13-30(21)6/h8-9,16,18-19,21,24,29,31H,10-15H2,1-7H3/t18?,19?,21?,24-,27-,28+/m0/s1. The van der Waals surface area contributed by atoms with E-state index in [1.165, 1.54) is 5.56 Å². The first-order chi connectivity index (χ1) is 16.4. The molecule has 1 saturated heterocycles. The summed E-state index contributed by atoms with van der Waals surface area (Å²) in [5, 5.41) is 14.5. The number of nitrogens with zero attached hydrogens (tertiary/aromatic N) is 1. The van der Waals surface area contributed by atoms with Crippen LogP contribution in [0.15, 0.2) is 12.1 Å². The minimum Gasteiger partial charge on any atom is -0.504 e. The van der Waals surface area contributed by atoms with Gasteiger partial charge < -0.3 is 24.2 Å². The number of hydrogen-bond donors (Lipinski definition) is 2. The predicted octanol–water partition coefficient (Wildman–Crippen LogP) is 3.54. The minimum absolute atomic E-state index is 0.0589. The topological polar surface area (TPSA) is 80.3 Å². The van der Waals surface area contributed by atoms with Crippen molar-refractivity contribution in [2.45, 2.75) is 108 Å². The maximum atomic E-state index is 13.2. The lowest BCUT2D eigenvalue weighted by Gasteiger charge is -2.65. The van der Waals surface area contributed by atoms with Crippen LogP contribution in [-0.4, -0.2) is 72.1 Å². The van der Waals surface area contributed by atoms with Crippen LogP contribution in [0.1, 0.15) is 71.4 Å². The Morgan fingerprint density at radius 1 is 1.31 bits per heavy atom. The van der Waals surface area contributed by atoms with Crippen LogP contribution >= 0.6 is 0 Å². The Balaban J connectivity index is 1.56. The molecule has 1 aromatic carbocycles. The number of ether oxygens (including phenoxy) is 3. The molecule has 0 radical (unpaired) electrons. The Hall–Kier alpha value is -1.83. The molecule has 2 aliphatic heterocycles. The van der Waals surface area contributed by atoms with E-state index in [1.54, 1.807) is 6.07 Å². The van der Waals surface area contributed by atoms with Gasteiger partial charge in [-0.15, -0.1) is 0 Å². The molecule has 0 aromatic heterocycles. The van der Waals surface area contributed by atoms with Crippen LogP contribution in [0.3, 0.4) is 0 Å². The number of esters is 1. The van der Waals surface area contributed by atoms with Crippen LogP contribution in [0.4, 0.5) is 0 Å². The van der Waals surface area contributed by atoms with Gasteiger partial charge in [0.25, 0.3) is 0 Å². The number of phenols is 1. The summed E-state index contributed by atoms with van der Waals surface area (Å²) < 4.78 is 19.0. The van der Waals surface area contributed by atoms with Crippen molar-refractivity contribution in [2.75, 3.05) is 20.7 Å². The third kappa shape index (κ3) is 3.60. The van der Waals surface area contributed by atoms with Crippen molar-refractivity contribution in [2.24, 2.45) is 5.92 Å². The molecule has 2 heterocycles. The second-order valence-corrected chi connectivity index (χ2v) is 12.5. The molecule has 2 N–H and O–H groups in total. The molecular weight excluding hydrogens is 444 g/mol. The van der Waals surface area contributed by atoms with E-state index in [0.29, 0.717) is 18.1 Å². The summed E-state index contributed by atoms with van der Waals surface area (Å²) in [5.74, 6) is 0.929. The van der Waals surface area contributed by atoms with Crippen LogP contribution < -0.4 is 10.1 Å². The largest absolute Gasteiger partial charge is 0.504 e. The van der Waals surface area contributed by atoms with Crippen molar-refractivity contribution in [3.8, 4) is 11.5 Å². The summed E-state index contributed by atoms with van der Waals surface area (Å²) in [6.45, 7) is 10.9. The van der Waals surface area contributed by atoms with E-state index in [4.69, 9.17) is 14.2 Å². The lowest BCUT2D eigenvalue weighted by molar-refractivity contribution is -0.204. The molecule has 2 bridgehead atoms. The van der Waals surface area contributed by atoms with Crippen molar-refractivity contribution >= 4 is 5.97 Å². The fourth-order valence-electron chi connectivity index (χ4n) is 7.65. The highest BCUT2D eigenvalue weighted by atomic mass is 16.6. The summed E-state index contributed by atoms with van der Waals surface area (Å²) in [7, 11) is 4.04. The summed E-state index contributed by atoms with van der Waals surface area (Å²) in [6, 6.07) is 3.59. The van der Waals surface area contributed by atoms with Crippen molar-refractivity contribution in [1.82, 2.24) is 10.2 Å². The molecule has 2 fully saturated rings. The van der Waals surface area contributed by atoms with E-state index < -0.39 is 17.2 Å². The van der Waals surface area contributed by atoms with Gasteiger partial charge in [0.1, 0.15) is 17.7 Å². The fraction of sp³-hybridized carbons (Fsp3) is 0.750. The zero-order valence-electron chi connectivity index (χ0n) is 22.3.